The van der Waals surface area contributed by atoms with Gasteiger partial charge < -0.3 is 15.0 Å². The van der Waals surface area contributed by atoms with Gasteiger partial charge in [-0.25, -0.2) is 0 Å². The first kappa shape index (κ1) is 15.1. The largest absolute Gasteiger partial charge is 0.378 e. The minimum absolute atomic E-state index is 0.0327. The normalized spacial score (nSPS) is 14.9. The highest BCUT2D eigenvalue weighted by atomic mass is 32.1. The van der Waals surface area contributed by atoms with Crippen molar-refractivity contribution in [3.63, 3.8) is 0 Å². The van der Waals surface area contributed by atoms with Gasteiger partial charge in [0, 0.05) is 24.5 Å². The van der Waals surface area contributed by atoms with E-state index in [0.717, 1.165) is 48.0 Å². The molecular weight excluding hydrogens is 296 g/mol. The van der Waals surface area contributed by atoms with Crippen molar-refractivity contribution in [3.8, 4) is 0 Å². The summed E-state index contributed by atoms with van der Waals surface area (Å²) in [4.78, 5) is 15.4. The van der Waals surface area contributed by atoms with E-state index in [4.69, 9.17) is 4.74 Å². The lowest BCUT2D eigenvalue weighted by molar-refractivity contribution is 0.103. The maximum absolute atomic E-state index is 12.3. The molecule has 1 amide bonds. The molecule has 0 atom stereocenters. The molecule has 0 bridgehead atoms. The molecule has 1 aromatic carbocycles. The molecule has 0 unspecified atom stereocenters. The van der Waals surface area contributed by atoms with Crippen molar-refractivity contribution in [1.82, 2.24) is 0 Å². The number of ether oxygens (including phenoxy) is 1. The Labute approximate surface area is 134 Å². The lowest BCUT2D eigenvalue weighted by Gasteiger charge is -2.29. The monoisotopic (exact) mass is 316 g/mol. The minimum Gasteiger partial charge on any atom is -0.378 e. The Morgan fingerprint density at radius 2 is 1.95 bits per heavy atom. The Balaban J connectivity index is 1.75. The van der Waals surface area contributed by atoms with Gasteiger partial charge in [-0.1, -0.05) is 0 Å². The molecule has 0 aliphatic carbocycles. The van der Waals surface area contributed by atoms with Crippen LogP contribution in [0.2, 0.25) is 0 Å². The molecule has 22 heavy (non-hydrogen) atoms. The third kappa shape index (κ3) is 3.15. The third-order valence-electron chi connectivity index (χ3n) is 3.90. The number of nitrogens with one attached hydrogen (secondary N) is 1. The third-order valence-corrected chi connectivity index (χ3v) is 4.92. The molecule has 0 spiro atoms. The van der Waals surface area contributed by atoms with Crippen LogP contribution >= 0.6 is 11.3 Å². The number of morpholine rings is 1. The van der Waals surface area contributed by atoms with Gasteiger partial charge in [0.15, 0.2) is 0 Å². The molecule has 5 heteroatoms. The number of amides is 1. The van der Waals surface area contributed by atoms with Crippen molar-refractivity contribution in [3.05, 3.63) is 45.6 Å². The molecule has 1 aromatic heterocycles. The summed E-state index contributed by atoms with van der Waals surface area (Å²) in [7, 11) is 0. The topological polar surface area (TPSA) is 41.6 Å². The fraction of sp³-hybridized carbons (Fsp3) is 0.353. The highest BCUT2D eigenvalue weighted by molar-refractivity contribution is 7.12. The van der Waals surface area contributed by atoms with Gasteiger partial charge in [0.1, 0.15) is 0 Å². The number of hydrogen-bond donors (Lipinski definition) is 1. The van der Waals surface area contributed by atoms with E-state index in [0.29, 0.717) is 0 Å². The van der Waals surface area contributed by atoms with E-state index in [2.05, 4.69) is 22.3 Å². The van der Waals surface area contributed by atoms with Crippen LogP contribution in [-0.2, 0) is 4.74 Å². The minimum atomic E-state index is -0.0327. The van der Waals surface area contributed by atoms with E-state index in [1.165, 1.54) is 17.0 Å². The van der Waals surface area contributed by atoms with Gasteiger partial charge in [-0.05, 0) is 54.6 Å². The Morgan fingerprint density at radius 3 is 2.59 bits per heavy atom. The second-order valence-electron chi connectivity index (χ2n) is 5.49. The predicted octanol–water partition coefficient (Wildman–Crippen LogP) is 3.45. The van der Waals surface area contributed by atoms with Gasteiger partial charge in [-0.2, -0.15) is 0 Å². The summed E-state index contributed by atoms with van der Waals surface area (Å²) < 4.78 is 5.38. The van der Waals surface area contributed by atoms with Gasteiger partial charge in [0.05, 0.1) is 18.1 Å². The van der Waals surface area contributed by atoms with Crippen LogP contribution in [0.3, 0.4) is 0 Å². The summed E-state index contributed by atoms with van der Waals surface area (Å²) >= 11 is 1.47. The Hall–Kier alpha value is -1.85. The number of hydrogen-bond acceptors (Lipinski definition) is 4. The van der Waals surface area contributed by atoms with Crippen molar-refractivity contribution in [1.29, 1.82) is 0 Å². The second kappa shape index (κ2) is 6.50. The Kier molecular flexibility index (Phi) is 4.45. The number of benzene rings is 1. The van der Waals surface area contributed by atoms with E-state index in [1.54, 1.807) is 0 Å². The highest BCUT2D eigenvalue weighted by Crippen LogP contribution is 2.25. The SMILES string of the molecule is Cc1cc(N2CCOCC2)ccc1NC(=O)c1sccc1C. The van der Waals surface area contributed by atoms with Crippen LogP contribution in [0.15, 0.2) is 29.6 Å². The van der Waals surface area contributed by atoms with Gasteiger partial charge in [-0.3, -0.25) is 4.79 Å². The molecule has 1 N–H and O–H groups in total. The van der Waals surface area contributed by atoms with E-state index in [-0.39, 0.29) is 5.91 Å². The van der Waals surface area contributed by atoms with E-state index in [9.17, 15) is 4.79 Å². The molecule has 1 aliphatic heterocycles. The average molecular weight is 316 g/mol. The smallest absolute Gasteiger partial charge is 0.266 e. The van der Waals surface area contributed by atoms with Crippen molar-refractivity contribution in [2.45, 2.75) is 13.8 Å². The Bertz CT molecular complexity index is 675. The number of carbonyl (C=O) groups is 1. The van der Waals surface area contributed by atoms with Crippen molar-refractivity contribution < 1.29 is 9.53 Å². The molecule has 2 heterocycles. The molecule has 2 aromatic rings. The number of rotatable bonds is 3. The standard InChI is InChI=1S/C17H20N2O2S/c1-12-5-10-22-16(12)17(20)18-15-4-3-14(11-13(15)2)19-6-8-21-9-7-19/h3-5,10-11H,6-9H2,1-2H3,(H,18,20). The molecule has 3 rings (SSSR count). The number of aryl methyl sites for hydroxylation is 2. The highest BCUT2D eigenvalue weighted by Gasteiger charge is 2.14. The van der Waals surface area contributed by atoms with Crippen molar-refractivity contribution >= 4 is 28.6 Å². The maximum Gasteiger partial charge on any atom is 0.266 e. The molecule has 4 nitrogen and oxygen atoms in total. The summed E-state index contributed by atoms with van der Waals surface area (Å²) in [5.41, 5.74) is 4.15. The zero-order valence-corrected chi connectivity index (χ0v) is 13.7. The van der Waals surface area contributed by atoms with E-state index >= 15 is 0 Å². The molecule has 1 saturated heterocycles. The number of anilines is 2. The van der Waals surface area contributed by atoms with E-state index < -0.39 is 0 Å². The van der Waals surface area contributed by atoms with Crippen LogP contribution in [0.25, 0.3) is 0 Å². The summed E-state index contributed by atoms with van der Waals surface area (Å²) in [6.45, 7) is 7.37. The molecule has 1 fully saturated rings. The summed E-state index contributed by atoms with van der Waals surface area (Å²) in [5.74, 6) is -0.0327. The fourth-order valence-corrected chi connectivity index (χ4v) is 3.41. The summed E-state index contributed by atoms with van der Waals surface area (Å²) in [6.07, 6.45) is 0. The molecule has 0 saturated carbocycles. The number of thiophene rings is 1. The lowest BCUT2D eigenvalue weighted by atomic mass is 10.1. The predicted molar refractivity (Wildman–Crippen MR) is 91.2 cm³/mol. The number of nitrogens with zero attached hydrogens (tertiary/aromatic N) is 1. The van der Waals surface area contributed by atoms with Crippen molar-refractivity contribution in [2.24, 2.45) is 0 Å². The lowest BCUT2D eigenvalue weighted by Crippen LogP contribution is -2.36. The number of carbonyl (C=O) groups excluding carboxylic acids is 1. The van der Waals surface area contributed by atoms with Gasteiger partial charge in [0.2, 0.25) is 0 Å². The first-order chi connectivity index (χ1) is 10.6. The Morgan fingerprint density at radius 1 is 1.18 bits per heavy atom. The van der Waals surface area contributed by atoms with E-state index in [1.807, 2.05) is 31.4 Å². The first-order valence-corrected chi connectivity index (χ1v) is 8.32. The average Bonchev–Trinajstić information content (AvgIpc) is 2.96. The maximum atomic E-state index is 12.3. The zero-order valence-electron chi connectivity index (χ0n) is 12.9. The zero-order chi connectivity index (χ0) is 15.5. The summed E-state index contributed by atoms with van der Waals surface area (Å²) in [6, 6.07) is 8.15. The van der Waals surface area contributed by atoms with Gasteiger partial charge in [0.25, 0.3) is 5.91 Å². The molecular formula is C17H20N2O2S. The van der Waals surface area contributed by atoms with Crippen LogP contribution in [-0.4, -0.2) is 32.2 Å². The second-order valence-corrected chi connectivity index (χ2v) is 6.40. The van der Waals surface area contributed by atoms with Crippen LogP contribution in [0.1, 0.15) is 20.8 Å². The van der Waals surface area contributed by atoms with Gasteiger partial charge in [-0.15, -0.1) is 11.3 Å². The van der Waals surface area contributed by atoms with Gasteiger partial charge >= 0.3 is 0 Å². The van der Waals surface area contributed by atoms with Crippen LogP contribution < -0.4 is 10.2 Å². The van der Waals surface area contributed by atoms with Crippen LogP contribution in [0.5, 0.6) is 0 Å². The fourth-order valence-electron chi connectivity index (χ4n) is 2.59. The van der Waals surface area contributed by atoms with Crippen LogP contribution in [0.4, 0.5) is 11.4 Å². The summed E-state index contributed by atoms with van der Waals surface area (Å²) in [5, 5.41) is 4.95. The molecule has 116 valence electrons. The van der Waals surface area contributed by atoms with Crippen LogP contribution in [0, 0.1) is 13.8 Å². The first-order valence-electron chi connectivity index (χ1n) is 7.44. The van der Waals surface area contributed by atoms with Crippen molar-refractivity contribution in [2.75, 3.05) is 36.5 Å². The quantitative estimate of drug-likeness (QED) is 0.943. The molecule has 1 aliphatic rings. The molecule has 0 radical (unpaired) electrons.